The number of aliphatic carboxylic acids is 4. The van der Waals surface area contributed by atoms with Crippen molar-refractivity contribution in [2.75, 3.05) is 34.4 Å². The van der Waals surface area contributed by atoms with Gasteiger partial charge in [-0.3, -0.25) is 9.88 Å². The summed E-state index contributed by atoms with van der Waals surface area (Å²) in [6.07, 6.45) is 8.05. The first-order valence-corrected chi connectivity index (χ1v) is 12.3. The number of carbonyl (C=O) groups is 4. The van der Waals surface area contributed by atoms with Crippen molar-refractivity contribution in [3.63, 3.8) is 0 Å². The van der Waals surface area contributed by atoms with Crippen LogP contribution in [-0.2, 0) is 25.7 Å². The number of hydrogen-bond donors (Lipinski definition) is 4. The van der Waals surface area contributed by atoms with E-state index in [1.54, 1.807) is 21.3 Å². The third kappa shape index (κ3) is 13.6. The Morgan fingerprint density at radius 2 is 1.22 bits per heavy atom. The molecule has 0 spiro atoms. The van der Waals surface area contributed by atoms with Gasteiger partial charge in [-0.15, -0.1) is 0 Å². The first-order valence-electron chi connectivity index (χ1n) is 12.3. The summed E-state index contributed by atoms with van der Waals surface area (Å²) >= 11 is 0. The monoisotopic (exact) mass is 574 g/mol. The lowest BCUT2D eigenvalue weighted by Crippen LogP contribution is -2.29. The molecule has 0 radical (unpaired) electrons. The number of hydrogen-bond acceptors (Lipinski definition) is 9. The highest BCUT2D eigenvalue weighted by Gasteiger charge is 2.16. The van der Waals surface area contributed by atoms with Crippen molar-refractivity contribution >= 4 is 23.9 Å². The molecule has 1 aliphatic rings. The van der Waals surface area contributed by atoms with Crippen LogP contribution in [0.25, 0.3) is 11.3 Å². The van der Waals surface area contributed by atoms with Gasteiger partial charge < -0.3 is 34.6 Å². The van der Waals surface area contributed by atoms with E-state index >= 15 is 0 Å². The molecule has 0 unspecified atom stereocenters. The summed E-state index contributed by atoms with van der Waals surface area (Å²) in [6.45, 7) is 3.34. The van der Waals surface area contributed by atoms with Crippen LogP contribution in [0.1, 0.15) is 24.8 Å². The molecule has 0 amide bonds. The molecule has 3 rings (SSSR count). The van der Waals surface area contributed by atoms with Crippen LogP contribution in [0.3, 0.4) is 0 Å². The van der Waals surface area contributed by atoms with Gasteiger partial charge in [0.25, 0.3) is 0 Å². The van der Waals surface area contributed by atoms with Crippen molar-refractivity contribution in [3.8, 4) is 28.5 Å². The van der Waals surface area contributed by atoms with Crippen LogP contribution in [0.15, 0.2) is 54.8 Å². The van der Waals surface area contributed by atoms with E-state index < -0.39 is 23.9 Å². The standard InChI is InChI=1S/C20H26N2O3.2C4H4O4/c1-23-18-12-16(13-19(24-2)20(18)25-3)17-11-15(7-8-21-17)14-22-9-5-4-6-10-22;2*5-3(6)1-2-4(7)8/h7-8,11-13H,4-6,9-10,14H2,1-3H3;2*1-2H,(H,5,6)(H,7,8). The van der Waals surface area contributed by atoms with E-state index in [0.717, 1.165) is 17.8 Å². The maximum absolute atomic E-state index is 9.55. The van der Waals surface area contributed by atoms with Gasteiger partial charge in [0.15, 0.2) is 11.5 Å². The van der Waals surface area contributed by atoms with Crippen LogP contribution in [0.5, 0.6) is 17.2 Å². The maximum Gasteiger partial charge on any atom is 0.328 e. The molecule has 41 heavy (non-hydrogen) atoms. The van der Waals surface area contributed by atoms with Gasteiger partial charge in [-0.2, -0.15) is 0 Å². The molecule has 1 aromatic heterocycles. The van der Waals surface area contributed by atoms with E-state index in [2.05, 4.69) is 22.0 Å². The van der Waals surface area contributed by atoms with E-state index in [1.165, 1.54) is 37.9 Å². The molecule has 0 bridgehead atoms. The summed E-state index contributed by atoms with van der Waals surface area (Å²) in [5, 5.41) is 31.2. The number of nitrogens with zero attached hydrogens (tertiary/aromatic N) is 2. The van der Waals surface area contributed by atoms with Crippen molar-refractivity contribution in [1.82, 2.24) is 9.88 Å². The topological polar surface area (TPSA) is 193 Å². The Balaban J connectivity index is 0.000000433. The molecule has 0 saturated carbocycles. The van der Waals surface area contributed by atoms with Crippen LogP contribution in [-0.4, -0.2) is 88.6 Å². The van der Waals surface area contributed by atoms with Crippen molar-refractivity contribution in [2.24, 2.45) is 0 Å². The summed E-state index contributed by atoms with van der Waals surface area (Å²) in [4.78, 5) is 45.3. The SMILES string of the molecule is COc1cc(-c2cc(CN3CCCCC3)ccn2)cc(OC)c1OC.O=C(O)C=CC(=O)O.O=C(O)C=CC(=O)O. The molecular weight excluding hydrogens is 540 g/mol. The van der Waals surface area contributed by atoms with Crippen LogP contribution < -0.4 is 14.2 Å². The summed E-state index contributed by atoms with van der Waals surface area (Å²) in [7, 11) is 4.86. The molecular formula is C28H34N2O11. The molecule has 13 nitrogen and oxygen atoms in total. The van der Waals surface area contributed by atoms with Crippen LogP contribution >= 0.6 is 0 Å². The lowest BCUT2D eigenvalue weighted by molar-refractivity contribution is -0.134. The van der Waals surface area contributed by atoms with Crippen LogP contribution in [0, 0.1) is 0 Å². The fraction of sp³-hybridized carbons (Fsp3) is 0.321. The second kappa shape index (κ2) is 18.4. The largest absolute Gasteiger partial charge is 0.493 e. The zero-order valence-corrected chi connectivity index (χ0v) is 23.0. The quantitative estimate of drug-likeness (QED) is 0.303. The van der Waals surface area contributed by atoms with Gasteiger partial charge in [0.05, 0.1) is 27.0 Å². The van der Waals surface area contributed by atoms with Gasteiger partial charge in [0, 0.05) is 42.6 Å². The summed E-state index contributed by atoms with van der Waals surface area (Å²) in [6, 6.07) is 8.12. The Morgan fingerprint density at radius 1 is 0.756 bits per heavy atom. The Bertz CT molecular complexity index is 1140. The average Bonchev–Trinajstić information content (AvgIpc) is 2.95. The van der Waals surface area contributed by atoms with Crippen molar-refractivity contribution < 1.29 is 53.8 Å². The maximum atomic E-state index is 9.55. The summed E-state index contributed by atoms with van der Waals surface area (Å²) in [5.41, 5.74) is 3.14. The number of likely N-dealkylation sites (tertiary alicyclic amines) is 1. The van der Waals surface area contributed by atoms with Gasteiger partial charge in [-0.1, -0.05) is 6.42 Å². The smallest absolute Gasteiger partial charge is 0.328 e. The van der Waals surface area contributed by atoms with Gasteiger partial charge >= 0.3 is 23.9 Å². The first-order chi connectivity index (χ1) is 19.5. The fourth-order valence-electron chi connectivity index (χ4n) is 3.62. The number of pyridine rings is 1. The predicted molar refractivity (Wildman–Crippen MR) is 147 cm³/mol. The molecule has 4 N–H and O–H groups in total. The number of carboxylic acids is 4. The van der Waals surface area contributed by atoms with E-state index in [0.29, 0.717) is 41.6 Å². The molecule has 1 saturated heterocycles. The predicted octanol–water partition coefficient (Wildman–Crippen LogP) is 3.18. The highest BCUT2D eigenvalue weighted by Crippen LogP contribution is 2.40. The number of benzene rings is 1. The Morgan fingerprint density at radius 3 is 1.61 bits per heavy atom. The zero-order chi connectivity index (χ0) is 30.8. The molecule has 13 heteroatoms. The second-order valence-corrected chi connectivity index (χ2v) is 8.32. The zero-order valence-electron chi connectivity index (χ0n) is 23.0. The van der Waals surface area contributed by atoms with E-state index in [9.17, 15) is 19.2 Å². The minimum absolute atomic E-state index is 0.558. The summed E-state index contributed by atoms with van der Waals surface area (Å²) < 4.78 is 16.3. The Hall–Kier alpha value is -4.91. The Labute approximate surface area is 236 Å². The van der Waals surface area contributed by atoms with Crippen molar-refractivity contribution in [3.05, 3.63) is 60.3 Å². The first kappa shape index (κ1) is 34.1. The highest BCUT2D eigenvalue weighted by atomic mass is 16.5. The molecule has 2 aromatic rings. The van der Waals surface area contributed by atoms with E-state index in [-0.39, 0.29) is 0 Å². The van der Waals surface area contributed by atoms with Gasteiger partial charge in [0.2, 0.25) is 5.75 Å². The molecule has 1 aliphatic heterocycles. The van der Waals surface area contributed by atoms with Crippen molar-refractivity contribution in [1.29, 1.82) is 0 Å². The normalized spacial score (nSPS) is 12.9. The number of carboxylic acid groups (broad SMARTS) is 4. The molecule has 1 fully saturated rings. The Kier molecular flexibility index (Phi) is 15.3. The van der Waals surface area contributed by atoms with E-state index in [4.69, 9.17) is 34.6 Å². The molecule has 0 aliphatic carbocycles. The number of piperidine rings is 1. The van der Waals surface area contributed by atoms with Gasteiger partial charge in [-0.05, 0) is 55.8 Å². The third-order valence-corrected chi connectivity index (χ3v) is 5.38. The minimum Gasteiger partial charge on any atom is -0.493 e. The summed E-state index contributed by atoms with van der Waals surface area (Å²) in [5.74, 6) is -3.15. The highest BCUT2D eigenvalue weighted by molar-refractivity contribution is 5.90. The minimum atomic E-state index is -1.26. The number of aromatic nitrogens is 1. The average molecular weight is 575 g/mol. The number of ether oxygens (including phenoxy) is 3. The lowest BCUT2D eigenvalue weighted by atomic mass is 10.1. The van der Waals surface area contributed by atoms with Crippen molar-refractivity contribution in [2.45, 2.75) is 25.8 Å². The number of rotatable bonds is 10. The fourth-order valence-corrected chi connectivity index (χ4v) is 3.62. The lowest BCUT2D eigenvalue weighted by Gasteiger charge is -2.26. The van der Waals surface area contributed by atoms with Gasteiger partial charge in [0.1, 0.15) is 0 Å². The molecule has 1 aromatic carbocycles. The van der Waals surface area contributed by atoms with Crippen LogP contribution in [0.2, 0.25) is 0 Å². The molecule has 0 atom stereocenters. The van der Waals surface area contributed by atoms with E-state index in [1.807, 2.05) is 18.3 Å². The van der Waals surface area contributed by atoms with Crippen LogP contribution in [0.4, 0.5) is 0 Å². The molecule has 2 heterocycles. The number of methoxy groups -OCH3 is 3. The van der Waals surface area contributed by atoms with Gasteiger partial charge in [-0.25, -0.2) is 19.2 Å². The third-order valence-electron chi connectivity index (χ3n) is 5.38. The second-order valence-electron chi connectivity index (χ2n) is 8.32. The molecule has 222 valence electrons.